The molecule has 150 valence electrons. The van der Waals surface area contributed by atoms with Crippen LogP contribution in [0.2, 0.25) is 0 Å². The Balaban J connectivity index is 1.61. The van der Waals surface area contributed by atoms with E-state index in [0.717, 1.165) is 30.4 Å². The molecule has 0 saturated carbocycles. The van der Waals surface area contributed by atoms with E-state index < -0.39 is 10.0 Å². The predicted molar refractivity (Wildman–Crippen MR) is 114 cm³/mol. The molecule has 1 amide bonds. The number of carbonyl (C=O) groups is 1. The third kappa shape index (κ3) is 5.97. The average Bonchev–Trinajstić information content (AvgIpc) is 2.64. The maximum atomic E-state index is 12.5. The van der Waals surface area contributed by atoms with Gasteiger partial charge in [-0.3, -0.25) is 4.79 Å². The van der Waals surface area contributed by atoms with Gasteiger partial charge in [-0.1, -0.05) is 57.2 Å². The highest BCUT2D eigenvalue weighted by Gasteiger charge is 2.38. The maximum Gasteiger partial charge on any atom is 0.253 e. The summed E-state index contributed by atoms with van der Waals surface area (Å²) in [4.78, 5) is 15.1. The molecule has 27 heavy (non-hydrogen) atoms. The first kappa shape index (κ1) is 21.7. The number of carbonyl (C=O) groups excluding carboxylic acids is 1. The number of hydrogen-bond donors (Lipinski definition) is 1. The van der Waals surface area contributed by atoms with Crippen molar-refractivity contribution in [2.45, 2.75) is 48.2 Å². The normalized spacial score (nSPS) is 24.9. The minimum atomic E-state index is -1.74. The zero-order chi connectivity index (χ0) is 19.4. The van der Waals surface area contributed by atoms with Gasteiger partial charge in [0.15, 0.2) is 6.23 Å². The van der Waals surface area contributed by atoms with Crippen LogP contribution in [0, 0.1) is 5.92 Å². The Labute approximate surface area is 184 Å². The lowest BCUT2D eigenvalue weighted by atomic mass is 9.84. The van der Waals surface area contributed by atoms with Crippen molar-refractivity contribution in [2.24, 2.45) is 5.92 Å². The summed E-state index contributed by atoms with van der Waals surface area (Å²) in [7, 11) is 0. The first-order valence-corrected chi connectivity index (χ1v) is 11.3. The van der Waals surface area contributed by atoms with E-state index in [1.165, 1.54) is 19.3 Å². The second-order valence-corrected chi connectivity index (χ2v) is 10.5. The molecule has 3 atom stereocenters. The van der Waals surface area contributed by atoms with Gasteiger partial charge in [0.25, 0.3) is 5.91 Å². The number of hydrogen-bond acceptors (Lipinski definition) is 3. The van der Waals surface area contributed by atoms with Crippen molar-refractivity contribution in [1.82, 2.24) is 10.2 Å². The highest BCUT2D eigenvalue weighted by molar-refractivity contribution is 9.10. The molecule has 0 aliphatic carbocycles. The first-order valence-electron chi connectivity index (χ1n) is 9.33. The van der Waals surface area contributed by atoms with Gasteiger partial charge in [0, 0.05) is 16.1 Å². The summed E-state index contributed by atoms with van der Waals surface area (Å²) in [5.41, 5.74) is 0.483. The van der Waals surface area contributed by atoms with Crippen LogP contribution in [0.4, 0.5) is 0 Å². The molecule has 1 aromatic rings. The van der Waals surface area contributed by atoms with Crippen molar-refractivity contribution < 1.29 is 9.53 Å². The van der Waals surface area contributed by atoms with E-state index in [4.69, 9.17) is 39.5 Å². The fraction of sp³-hybridized carbons (Fsp3) is 0.632. The molecule has 2 saturated heterocycles. The minimum absolute atomic E-state index is 0.332. The Morgan fingerprint density at radius 2 is 1.89 bits per heavy atom. The van der Waals surface area contributed by atoms with Gasteiger partial charge in [0.2, 0.25) is 3.79 Å². The van der Waals surface area contributed by atoms with E-state index in [1.807, 2.05) is 0 Å². The molecular formula is C19H24BrCl3N2O2. The van der Waals surface area contributed by atoms with Gasteiger partial charge >= 0.3 is 0 Å². The number of piperidine rings is 2. The van der Waals surface area contributed by atoms with Crippen molar-refractivity contribution >= 4 is 56.6 Å². The lowest BCUT2D eigenvalue weighted by Crippen LogP contribution is -2.51. The molecule has 2 fully saturated rings. The summed E-state index contributed by atoms with van der Waals surface area (Å²) < 4.78 is 5.09. The Morgan fingerprint density at radius 3 is 2.59 bits per heavy atom. The number of fused-ring (bicyclic) bond motifs is 1. The molecule has 0 bridgehead atoms. The topological polar surface area (TPSA) is 41.6 Å². The van der Waals surface area contributed by atoms with E-state index in [2.05, 4.69) is 26.1 Å². The number of rotatable bonds is 5. The van der Waals surface area contributed by atoms with Crippen LogP contribution >= 0.6 is 50.7 Å². The van der Waals surface area contributed by atoms with E-state index in [-0.39, 0.29) is 5.91 Å². The molecule has 1 N–H and O–H groups in total. The van der Waals surface area contributed by atoms with Gasteiger partial charge in [0.1, 0.15) is 0 Å². The molecule has 2 heterocycles. The summed E-state index contributed by atoms with van der Waals surface area (Å²) in [5.74, 6) is 0.0697. The first-order chi connectivity index (χ1) is 12.8. The molecule has 8 heteroatoms. The molecule has 0 radical (unpaired) electrons. The van der Waals surface area contributed by atoms with Crippen LogP contribution < -0.4 is 5.32 Å². The Bertz CT molecular complexity index is 637. The van der Waals surface area contributed by atoms with Crippen molar-refractivity contribution in [3.05, 3.63) is 34.3 Å². The highest BCUT2D eigenvalue weighted by Crippen LogP contribution is 2.34. The second kappa shape index (κ2) is 9.64. The largest absolute Gasteiger partial charge is 0.354 e. The summed E-state index contributed by atoms with van der Waals surface area (Å²) in [6.07, 6.45) is 4.98. The van der Waals surface area contributed by atoms with Gasteiger partial charge in [-0.25, -0.2) is 0 Å². The van der Waals surface area contributed by atoms with Crippen molar-refractivity contribution in [1.29, 1.82) is 0 Å². The molecule has 1 aromatic carbocycles. The summed E-state index contributed by atoms with van der Waals surface area (Å²) in [5, 5.41) is 2.72. The van der Waals surface area contributed by atoms with Crippen LogP contribution in [-0.2, 0) is 4.74 Å². The standard InChI is InChI=1S/C19H24BrCl3N2O2/c20-15-8-6-13(7-9-15)17(26)24-18(19(21,22)23)27-12-14-4-3-11-25-10-2-1-5-16(14)25/h6-9,14,16,18H,1-5,10-12H2,(H,24,26)/t14-,16-,18+/m1/s1. The number of halogens is 4. The number of amides is 1. The van der Waals surface area contributed by atoms with Gasteiger partial charge in [-0.15, -0.1) is 0 Å². The third-order valence-corrected chi connectivity index (χ3v) is 6.49. The van der Waals surface area contributed by atoms with Crippen molar-refractivity contribution in [2.75, 3.05) is 19.7 Å². The zero-order valence-electron chi connectivity index (χ0n) is 15.0. The van der Waals surface area contributed by atoms with Gasteiger partial charge < -0.3 is 15.0 Å². The molecule has 0 aromatic heterocycles. The second-order valence-electron chi connectivity index (χ2n) is 7.24. The monoisotopic (exact) mass is 496 g/mol. The van der Waals surface area contributed by atoms with E-state index >= 15 is 0 Å². The Morgan fingerprint density at radius 1 is 1.19 bits per heavy atom. The number of ether oxygens (including phenoxy) is 1. The lowest BCUT2D eigenvalue weighted by Gasteiger charge is -2.44. The number of nitrogens with one attached hydrogen (secondary N) is 1. The summed E-state index contributed by atoms with van der Waals surface area (Å²) in [6.45, 7) is 2.80. The van der Waals surface area contributed by atoms with Crippen molar-refractivity contribution in [3.63, 3.8) is 0 Å². The van der Waals surface area contributed by atoms with Crippen LogP contribution in [0.15, 0.2) is 28.7 Å². The molecule has 2 aliphatic rings. The van der Waals surface area contributed by atoms with Crippen LogP contribution in [0.1, 0.15) is 42.5 Å². The smallest absolute Gasteiger partial charge is 0.253 e. The molecule has 0 unspecified atom stereocenters. The van der Waals surface area contributed by atoms with Crippen LogP contribution in [0.3, 0.4) is 0 Å². The Hall–Kier alpha value is -0.0400. The zero-order valence-corrected chi connectivity index (χ0v) is 18.8. The van der Waals surface area contributed by atoms with E-state index in [9.17, 15) is 4.79 Å². The maximum absolute atomic E-state index is 12.5. The molecular weight excluding hydrogens is 474 g/mol. The van der Waals surface area contributed by atoms with E-state index in [1.54, 1.807) is 24.3 Å². The quantitative estimate of drug-likeness (QED) is 0.451. The van der Waals surface area contributed by atoms with Crippen LogP contribution in [0.5, 0.6) is 0 Å². The number of benzene rings is 1. The van der Waals surface area contributed by atoms with Crippen LogP contribution in [-0.4, -0.2) is 46.6 Å². The predicted octanol–water partition coefficient (Wildman–Crippen LogP) is 5.16. The average molecular weight is 499 g/mol. The summed E-state index contributed by atoms with van der Waals surface area (Å²) in [6, 6.07) is 7.52. The highest BCUT2D eigenvalue weighted by atomic mass is 79.9. The fourth-order valence-corrected chi connectivity index (χ4v) is 4.63. The van der Waals surface area contributed by atoms with Gasteiger partial charge in [0.05, 0.1) is 6.61 Å². The molecule has 0 spiro atoms. The van der Waals surface area contributed by atoms with Crippen molar-refractivity contribution in [3.8, 4) is 0 Å². The molecule has 4 nitrogen and oxygen atoms in total. The number of alkyl halides is 3. The minimum Gasteiger partial charge on any atom is -0.354 e. The number of nitrogens with zero attached hydrogens (tertiary/aromatic N) is 1. The lowest BCUT2D eigenvalue weighted by molar-refractivity contribution is -0.0325. The van der Waals surface area contributed by atoms with Gasteiger partial charge in [-0.2, -0.15) is 0 Å². The summed E-state index contributed by atoms with van der Waals surface area (Å²) >= 11 is 21.6. The third-order valence-electron chi connectivity index (χ3n) is 5.37. The van der Waals surface area contributed by atoms with E-state index in [0.29, 0.717) is 24.1 Å². The van der Waals surface area contributed by atoms with Gasteiger partial charge in [-0.05, 0) is 69.0 Å². The fourth-order valence-electron chi connectivity index (χ4n) is 4.01. The SMILES string of the molecule is O=C(N[C@@H](OC[C@H]1CCCN2CCCC[C@H]12)C(Cl)(Cl)Cl)c1ccc(Br)cc1. The molecule has 3 rings (SSSR count). The Kier molecular flexibility index (Phi) is 7.73. The molecule has 2 aliphatic heterocycles. The van der Waals surface area contributed by atoms with Crippen LogP contribution in [0.25, 0.3) is 0 Å².